The van der Waals surface area contributed by atoms with Crippen molar-refractivity contribution >= 4 is 80.7 Å². The molecule has 0 saturated heterocycles. The first-order chi connectivity index (χ1) is 25.2. The largest absolute Gasteiger partial charge is 0.309 e. The molecule has 0 bridgehead atoms. The van der Waals surface area contributed by atoms with Gasteiger partial charge in [-0.2, -0.15) is 0 Å². The third kappa shape index (κ3) is 4.42. The molecule has 0 atom stereocenters. The van der Waals surface area contributed by atoms with Crippen molar-refractivity contribution in [2.75, 3.05) is 0 Å². The number of hydrogen-bond acceptors (Lipinski definition) is 1. The van der Waals surface area contributed by atoms with Crippen LogP contribution >= 0.6 is 11.3 Å². The van der Waals surface area contributed by atoms with E-state index in [0.717, 1.165) is 16.8 Å². The standard InChI is InChI=1S/C48H32N2S/c1-3-14-31(4-2)33-17-13-20-36(29-33)50-41-22-12-11-21-39(41)45-43(50)27-24-37-38-25-28-44-46(48(38)51-47(37)45)40-30-34(32-15-7-5-8-16-32)23-26-42(40)49(44)35-18-9-6-10-19-35/h3-30H,1-2H2/b31-14+. The van der Waals surface area contributed by atoms with Gasteiger partial charge in [0, 0.05) is 53.1 Å². The highest BCUT2D eigenvalue weighted by Gasteiger charge is 2.21. The predicted octanol–water partition coefficient (Wildman–Crippen LogP) is 13.7. The minimum Gasteiger partial charge on any atom is -0.309 e. The Morgan fingerprint density at radius 3 is 1.80 bits per heavy atom. The lowest BCUT2D eigenvalue weighted by atomic mass is 10.0. The normalized spacial score (nSPS) is 12.2. The number of allylic oxidation sites excluding steroid dienone is 4. The fourth-order valence-corrected chi connectivity index (χ4v) is 9.44. The highest BCUT2D eigenvalue weighted by Crippen LogP contribution is 2.48. The van der Waals surface area contributed by atoms with Gasteiger partial charge in [-0.15, -0.1) is 11.3 Å². The molecule has 0 aliphatic carbocycles. The molecule has 10 aromatic rings. The van der Waals surface area contributed by atoms with Crippen molar-refractivity contribution in [3.05, 3.63) is 189 Å². The van der Waals surface area contributed by atoms with Crippen LogP contribution in [0.2, 0.25) is 0 Å². The van der Waals surface area contributed by atoms with Gasteiger partial charge in [0.1, 0.15) is 0 Å². The third-order valence-corrected chi connectivity index (χ3v) is 11.5. The summed E-state index contributed by atoms with van der Waals surface area (Å²) in [5.74, 6) is 0. The molecule has 3 heterocycles. The fraction of sp³-hybridized carbons (Fsp3) is 0. The van der Waals surface area contributed by atoms with Crippen molar-refractivity contribution in [2.45, 2.75) is 0 Å². The summed E-state index contributed by atoms with van der Waals surface area (Å²) in [6.07, 6.45) is 5.72. The first-order valence-corrected chi connectivity index (χ1v) is 18.1. The van der Waals surface area contributed by atoms with Crippen molar-refractivity contribution in [3.63, 3.8) is 0 Å². The van der Waals surface area contributed by atoms with Gasteiger partial charge in [0.15, 0.2) is 0 Å². The van der Waals surface area contributed by atoms with Gasteiger partial charge in [0.05, 0.1) is 22.1 Å². The number of rotatable bonds is 6. The van der Waals surface area contributed by atoms with E-state index in [2.05, 4.69) is 174 Å². The average Bonchev–Trinajstić information content (AvgIpc) is 3.85. The minimum absolute atomic E-state index is 1.05. The summed E-state index contributed by atoms with van der Waals surface area (Å²) in [4.78, 5) is 0. The second kappa shape index (κ2) is 11.6. The van der Waals surface area contributed by atoms with Gasteiger partial charge in [0.25, 0.3) is 0 Å². The van der Waals surface area contributed by atoms with Crippen LogP contribution in [0.4, 0.5) is 0 Å². The number of para-hydroxylation sites is 2. The van der Waals surface area contributed by atoms with Crippen LogP contribution in [0.15, 0.2) is 183 Å². The highest BCUT2D eigenvalue weighted by atomic mass is 32.1. The summed E-state index contributed by atoms with van der Waals surface area (Å²) in [6.45, 7) is 7.98. The molecule has 240 valence electrons. The zero-order valence-electron chi connectivity index (χ0n) is 27.9. The maximum atomic E-state index is 4.06. The Morgan fingerprint density at radius 1 is 0.471 bits per heavy atom. The van der Waals surface area contributed by atoms with E-state index in [0.29, 0.717) is 0 Å². The van der Waals surface area contributed by atoms with E-state index in [4.69, 9.17) is 0 Å². The van der Waals surface area contributed by atoms with Gasteiger partial charge in [-0.3, -0.25) is 0 Å². The van der Waals surface area contributed by atoms with Crippen LogP contribution in [-0.2, 0) is 0 Å². The van der Waals surface area contributed by atoms with Crippen molar-refractivity contribution in [1.29, 1.82) is 0 Å². The van der Waals surface area contributed by atoms with Crippen LogP contribution in [0.3, 0.4) is 0 Å². The number of thiophene rings is 1. The average molecular weight is 669 g/mol. The molecule has 0 amide bonds. The van der Waals surface area contributed by atoms with Crippen LogP contribution in [-0.4, -0.2) is 9.13 Å². The SMILES string of the molecule is C=C/C=C(\C=C)c1cccc(-n2c3ccccc3c3c4sc5c(ccc6c5c5cc(-c7ccccc7)ccc5n6-c5ccccc5)c4ccc32)c1. The van der Waals surface area contributed by atoms with Crippen molar-refractivity contribution in [1.82, 2.24) is 9.13 Å². The first kappa shape index (κ1) is 29.5. The third-order valence-electron chi connectivity index (χ3n) is 10.2. The quantitative estimate of drug-likeness (QED) is 0.156. The van der Waals surface area contributed by atoms with Gasteiger partial charge in [-0.05, 0) is 76.9 Å². The predicted molar refractivity (Wildman–Crippen MR) is 222 cm³/mol. The second-order valence-electron chi connectivity index (χ2n) is 13.0. The fourth-order valence-electron chi connectivity index (χ4n) is 8.02. The smallest absolute Gasteiger partial charge is 0.0555 e. The van der Waals surface area contributed by atoms with Gasteiger partial charge in [0.2, 0.25) is 0 Å². The van der Waals surface area contributed by atoms with Crippen LogP contribution < -0.4 is 0 Å². The molecule has 0 spiro atoms. The Bertz CT molecular complexity index is 3040. The Morgan fingerprint density at radius 2 is 1.08 bits per heavy atom. The molecule has 0 unspecified atom stereocenters. The molecular formula is C48H32N2S. The molecule has 0 N–H and O–H groups in total. The van der Waals surface area contributed by atoms with Gasteiger partial charge in [-0.1, -0.05) is 128 Å². The maximum absolute atomic E-state index is 4.06. The topological polar surface area (TPSA) is 9.86 Å². The summed E-state index contributed by atoms with van der Waals surface area (Å²) >= 11 is 1.93. The second-order valence-corrected chi connectivity index (χ2v) is 14.0. The van der Waals surface area contributed by atoms with Crippen LogP contribution in [0.1, 0.15) is 5.56 Å². The number of fused-ring (bicyclic) bond motifs is 11. The molecule has 3 heteroatoms. The Kier molecular flexibility index (Phi) is 6.70. The Labute approximate surface area is 299 Å². The molecule has 3 aromatic heterocycles. The van der Waals surface area contributed by atoms with Gasteiger partial charge >= 0.3 is 0 Å². The van der Waals surface area contributed by atoms with E-state index in [-0.39, 0.29) is 0 Å². The van der Waals surface area contributed by atoms with Gasteiger partial charge < -0.3 is 9.13 Å². The van der Waals surface area contributed by atoms with Crippen LogP contribution in [0.25, 0.3) is 91.9 Å². The summed E-state index contributed by atoms with van der Waals surface area (Å²) in [5.41, 5.74) is 11.7. The summed E-state index contributed by atoms with van der Waals surface area (Å²) in [7, 11) is 0. The molecule has 7 aromatic carbocycles. The van der Waals surface area contributed by atoms with E-state index >= 15 is 0 Å². The number of benzene rings is 7. The maximum Gasteiger partial charge on any atom is 0.0555 e. The van der Waals surface area contributed by atoms with E-state index in [1.54, 1.807) is 0 Å². The molecule has 0 saturated carbocycles. The zero-order valence-corrected chi connectivity index (χ0v) is 28.7. The summed E-state index contributed by atoms with van der Waals surface area (Å²) in [5, 5.41) is 7.73. The summed E-state index contributed by atoms with van der Waals surface area (Å²) < 4.78 is 7.48. The van der Waals surface area contributed by atoms with E-state index in [1.807, 2.05) is 29.6 Å². The monoisotopic (exact) mass is 668 g/mol. The Balaban J connectivity index is 1.31. The number of hydrogen-bond donors (Lipinski definition) is 0. The number of nitrogens with zero attached hydrogens (tertiary/aromatic N) is 2. The van der Waals surface area contributed by atoms with Crippen LogP contribution in [0.5, 0.6) is 0 Å². The molecule has 0 aliphatic rings. The molecule has 2 nitrogen and oxygen atoms in total. The molecule has 10 rings (SSSR count). The lowest BCUT2D eigenvalue weighted by Crippen LogP contribution is -1.95. The van der Waals surface area contributed by atoms with E-state index in [1.165, 1.54) is 80.6 Å². The molecule has 0 aliphatic heterocycles. The molecule has 51 heavy (non-hydrogen) atoms. The summed E-state index contributed by atoms with van der Waals surface area (Å²) in [6, 6.07) is 55.3. The highest BCUT2D eigenvalue weighted by molar-refractivity contribution is 7.27. The van der Waals surface area contributed by atoms with Gasteiger partial charge in [-0.25, -0.2) is 0 Å². The van der Waals surface area contributed by atoms with E-state index in [9.17, 15) is 0 Å². The van der Waals surface area contributed by atoms with Crippen LogP contribution in [0, 0.1) is 0 Å². The molecular weight excluding hydrogens is 637 g/mol. The minimum atomic E-state index is 1.05. The van der Waals surface area contributed by atoms with Crippen molar-refractivity contribution in [2.24, 2.45) is 0 Å². The number of aromatic nitrogens is 2. The zero-order chi connectivity index (χ0) is 34.1. The lowest BCUT2D eigenvalue weighted by Gasteiger charge is -2.10. The Hall–Kier alpha value is -6.42. The lowest BCUT2D eigenvalue weighted by molar-refractivity contribution is 1.18. The van der Waals surface area contributed by atoms with E-state index < -0.39 is 0 Å². The molecule has 0 radical (unpaired) electrons. The first-order valence-electron chi connectivity index (χ1n) is 17.3. The molecule has 0 fully saturated rings. The van der Waals surface area contributed by atoms with Crippen molar-refractivity contribution < 1.29 is 0 Å². The van der Waals surface area contributed by atoms with Crippen molar-refractivity contribution in [3.8, 4) is 22.5 Å².